The van der Waals surface area contributed by atoms with Gasteiger partial charge in [0.2, 0.25) is 5.91 Å². The summed E-state index contributed by atoms with van der Waals surface area (Å²) in [6.07, 6.45) is 0. The molecule has 0 saturated heterocycles. The average Bonchev–Trinajstić information content (AvgIpc) is 2.38. The van der Waals surface area contributed by atoms with E-state index >= 15 is 0 Å². The predicted octanol–water partition coefficient (Wildman–Crippen LogP) is 3.58. The van der Waals surface area contributed by atoms with Crippen molar-refractivity contribution >= 4 is 43.5 Å². The van der Waals surface area contributed by atoms with Crippen molar-refractivity contribution in [1.82, 2.24) is 0 Å². The van der Waals surface area contributed by atoms with E-state index in [4.69, 9.17) is 9.47 Å². The number of ether oxygens (including phenoxy) is 2. The first kappa shape index (κ1) is 14.7. The molecule has 6 heteroatoms. The van der Waals surface area contributed by atoms with Gasteiger partial charge in [-0.25, -0.2) is 0 Å². The summed E-state index contributed by atoms with van der Waals surface area (Å²) >= 11 is 6.81. The van der Waals surface area contributed by atoms with Crippen molar-refractivity contribution in [2.45, 2.75) is 18.7 Å². The van der Waals surface area contributed by atoms with Crippen LogP contribution in [0.25, 0.3) is 0 Å². The minimum Gasteiger partial charge on any atom is -0.486 e. The highest BCUT2D eigenvalue weighted by molar-refractivity contribution is 9.10. The van der Waals surface area contributed by atoms with Crippen LogP contribution in [0.4, 0.5) is 5.69 Å². The second kappa shape index (κ2) is 6.13. The second-order valence-corrected chi connectivity index (χ2v) is 6.45. The van der Waals surface area contributed by atoms with Crippen LogP contribution < -0.4 is 14.8 Å². The first-order chi connectivity index (χ1) is 8.99. The molecule has 1 amide bonds. The maximum atomic E-state index is 12.0. The second-order valence-electron chi connectivity index (χ2n) is 4.61. The molecule has 1 aliphatic heterocycles. The van der Waals surface area contributed by atoms with Gasteiger partial charge in [-0.3, -0.25) is 4.79 Å². The lowest BCUT2D eigenvalue weighted by Crippen LogP contribution is -2.27. The van der Waals surface area contributed by atoms with Crippen LogP contribution in [0.1, 0.15) is 13.8 Å². The van der Waals surface area contributed by atoms with Crippen molar-refractivity contribution in [2.24, 2.45) is 5.92 Å². The van der Waals surface area contributed by atoms with Crippen LogP contribution in [-0.2, 0) is 4.79 Å². The van der Waals surface area contributed by atoms with E-state index in [2.05, 4.69) is 37.2 Å². The molecule has 4 nitrogen and oxygen atoms in total. The monoisotopic (exact) mass is 391 g/mol. The van der Waals surface area contributed by atoms with Crippen molar-refractivity contribution in [2.75, 3.05) is 18.5 Å². The minimum absolute atomic E-state index is 0.0765. The molecule has 19 heavy (non-hydrogen) atoms. The fourth-order valence-electron chi connectivity index (χ4n) is 1.66. The number of amides is 1. The molecule has 0 saturated carbocycles. The summed E-state index contributed by atoms with van der Waals surface area (Å²) in [5, 5.41) is 2.87. The lowest BCUT2D eigenvalue weighted by atomic mass is 10.1. The van der Waals surface area contributed by atoms with Crippen molar-refractivity contribution in [3.8, 4) is 11.5 Å². The highest BCUT2D eigenvalue weighted by atomic mass is 79.9. The molecule has 1 aromatic rings. The van der Waals surface area contributed by atoms with Crippen LogP contribution in [0.3, 0.4) is 0 Å². The lowest BCUT2D eigenvalue weighted by Gasteiger charge is -2.21. The number of anilines is 1. The van der Waals surface area contributed by atoms with E-state index in [0.29, 0.717) is 30.4 Å². The number of benzene rings is 1. The summed E-state index contributed by atoms with van der Waals surface area (Å²) in [5.74, 6) is 1.49. The zero-order valence-electron chi connectivity index (χ0n) is 10.7. The van der Waals surface area contributed by atoms with Gasteiger partial charge in [-0.05, 0) is 21.8 Å². The molecular formula is C13H15Br2NO3. The predicted molar refractivity (Wildman–Crippen MR) is 81.3 cm³/mol. The van der Waals surface area contributed by atoms with Crippen LogP contribution in [0.15, 0.2) is 16.6 Å². The van der Waals surface area contributed by atoms with Gasteiger partial charge in [0.25, 0.3) is 0 Å². The van der Waals surface area contributed by atoms with Gasteiger partial charge in [0.1, 0.15) is 13.2 Å². The standard InChI is InChI=1S/C13H15Br2NO3/c1-7(2)12(15)13(17)16-9-6-11-10(5-8(9)14)18-3-4-19-11/h5-7,12H,3-4H2,1-2H3,(H,16,17). The highest BCUT2D eigenvalue weighted by Gasteiger charge is 2.21. The zero-order chi connectivity index (χ0) is 14.0. The Morgan fingerprint density at radius 3 is 2.42 bits per heavy atom. The molecule has 1 N–H and O–H groups in total. The lowest BCUT2D eigenvalue weighted by molar-refractivity contribution is -0.116. The number of rotatable bonds is 3. The van der Waals surface area contributed by atoms with Crippen LogP contribution in [0, 0.1) is 5.92 Å². The Labute approximate surface area is 129 Å². The number of fused-ring (bicyclic) bond motifs is 1. The largest absolute Gasteiger partial charge is 0.486 e. The van der Waals surface area contributed by atoms with E-state index in [1.807, 2.05) is 19.9 Å². The van der Waals surface area contributed by atoms with E-state index in [1.54, 1.807) is 6.07 Å². The van der Waals surface area contributed by atoms with Crippen LogP contribution in [-0.4, -0.2) is 23.9 Å². The number of carbonyl (C=O) groups is 1. The average molecular weight is 393 g/mol. The summed E-state index contributed by atoms with van der Waals surface area (Å²) in [4.78, 5) is 11.8. The van der Waals surface area contributed by atoms with Gasteiger partial charge in [-0.15, -0.1) is 0 Å². The first-order valence-electron chi connectivity index (χ1n) is 6.03. The maximum absolute atomic E-state index is 12.0. The van der Waals surface area contributed by atoms with Gasteiger partial charge in [0.15, 0.2) is 11.5 Å². The summed E-state index contributed by atoms with van der Waals surface area (Å²) in [6.45, 7) is 5.03. The molecule has 2 rings (SSSR count). The van der Waals surface area contributed by atoms with Crippen molar-refractivity contribution < 1.29 is 14.3 Å². The zero-order valence-corrected chi connectivity index (χ0v) is 13.9. The Morgan fingerprint density at radius 2 is 1.84 bits per heavy atom. The fraction of sp³-hybridized carbons (Fsp3) is 0.462. The number of halogens is 2. The van der Waals surface area contributed by atoms with Gasteiger partial charge in [0.05, 0.1) is 10.5 Å². The molecule has 1 aromatic carbocycles. The van der Waals surface area contributed by atoms with Gasteiger partial charge >= 0.3 is 0 Å². The molecule has 1 aliphatic rings. The Balaban J connectivity index is 2.19. The number of nitrogens with one attached hydrogen (secondary N) is 1. The van der Waals surface area contributed by atoms with Gasteiger partial charge < -0.3 is 14.8 Å². The molecule has 0 aliphatic carbocycles. The summed E-state index contributed by atoms with van der Waals surface area (Å²) < 4.78 is 11.7. The van der Waals surface area contributed by atoms with Crippen molar-refractivity contribution in [3.05, 3.63) is 16.6 Å². The summed E-state index contributed by atoms with van der Waals surface area (Å²) in [5.41, 5.74) is 0.680. The van der Waals surface area contributed by atoms with Crippen LogP contribution in [0.2, 0.25) is 0 Å². The third-order valence-electron chi connectivity index (χ3n) is 2.73. The topological polar surface area (TPSA) is 47.6 Å². The molecule has 0 bridgehead atoms. The minimum atomic E-state index is -0.229. The normalized spacial score (nSPS) is 15.2. The van der Waals surface area contributed by atoms with Gasteiger partial charge in [-0.2, -0.15) is 0 Å². The fourth-order valence-corrected chi connectivity index (χ4v) is 2.20. The Kier molecular flexibility index (Phi) is 4.73. The molecular weight excluding hydrogens is 378 g/mol. The molecule has 0 aromatic heterocycles. The number of hydrogen-bond acceptors (Lipinski definition) is 3. The van der Waals surface area contributed by atoms with Crippen LogP contribution >= 0.6 is 31.9 Å². The van der Waals surface area contributed by atoms with E-state index < -0.39 is 0 Å². The molecule has 104 valence electrons. The molecule has 1 heterocycles. The molecule has 1 unspecified atom stereocenters. The Hall–Kier alpha value is -0.750. The SMILES string of the molecule is CC(C)C(Br)C(=O)Nc1cc2c(cc1Br)OCCO2. The molecule has 0 radical (unpaired) electrons. The van der Waals surface area contributed by atoms with Gasteiger partial charge in [-0.1, -0.05) is 29.8 Å². The smallest absolute Gasteiger partial charge is 0.238 e. The van der Waals surface area contributed by atoms with Crippen LogP contribution in [0.5, 0.6) is 11.5 Å². The molecule has 0 fully saturated rings. The van der Waals surface area contributed by atoms with Crippen molar-refractivity contribution in [1.29, 1.82) is 0 Å². The van der Waals surface area contributed by atoms with E-state index in [9.17, 15) is 4.79 Å². The quantitative estimate of drug-likeness (QED) is 0.799. The highest BCUT2D eigenvalue weighted by Crippen LogP contribution is 2.38. The van der Waals surface area contributed by atoms with Crippen molar-refractivity contribution in [3.63, 3.8) is 0 Å². The maximum Gasteiger partial charge on any atom is 0.238 e. The summed E-state index contributed by atoms with van der Waals surface area (Å²) in [6, 6.07) is 3.58. The Morgan fingerprint density at radius 1 is 1.26 bits per heavy atom. The Bertz CT molecular complexity index is 491. The molecule has 0 spiro atoms. The van der Waals surface area contributed by atoms with E-state index in [0.717, 1.165) is 4.47 Å². The van der Waals surface area contributed by atoms with E-state index in [-0.39, 0.29) is 16.7 Å². The number of hydrogen-bond donors (Lipinski definition) is 1. The van der Waals surface area contributed by atoms with E-state index in [1.165, 1.54) is 0 Å². The van der Waals surface area contributed by atoms with Gasteiger partial charge in [0, 0.05) is 16.6 Å². The number of alkyl halides is 1. The third-order valence-corrected chi connectivity index (χ3v) is 4.85. The first-order valence-corrected chi connectivity index (χ1v) is 7.74. The summed E-state index contributed by atoms with van der Waals surface area (Å²) in [7, 11) is 0. The third kappa shape index (κ3) is 3.42. The molecule has 1 atom stereocenters. The number of carbonyl (C=O) groups excluding carboxylic acids is 1.